The highest BCUT2D eigenvalue weighted by Crippen LogP contribution is 2.31. The first kappa shape index (κ1) is 11.0. The van der Waals surface area contributed by atoms with E-state index in [9.17, 15) is 0 Å². The third-order valence-corrected chi connectivity index (χ3v) is 3.55. The van der Waals surface area contributed by atoms with Crippen molar-refractivity contribution in [3.05, 3.63) is 21.3 Å². The van der Waals surface area contributed by atoms with Crippen LogP contribution in [0.2, 0.25) is 4.34 Å². The van der Waals surface area contributed by atoms with Gasteiger partial charge in [0.15, 0.2) is 0 Å². The quantitative estimate of drug-likeness (QED) is 0.761. The van der Waals surface area contributed by atoms with Crippen LogP contribution in [0.4, 0.5) is 0 Å². The fourth-order valence-corrected chi connectivity index (χ4v) is 2.29. The molecule has 1 aromatic heterocycles. The predicted molar refractivity (Wildman–Crippen MR) is 59.4 cm³/mol. The SMILES string of the molecule is CC(C)(CNCN)c1ccc(Cl)s1. The van der Waals surface area contributed by atoms with Crippen LogP contribution in [0, 0.1) is 0 Å². The van der Waals surface area contributed by atoms with Gasteiger partial charge in [0.2, 0.25) is 0 Å². The highest BCUT2D eigenvalue weighted by Gasteiger charge is 2.21. The van der Waals surface area contributed by atoms with Crippen molar-refractivity contribution < 1.29 is 0 Å². The Kier molecular flexibility index (Phi) is 3.74. The van der Waals surface area contributed by atoms with Gasteiger partial charge in [-0.05, 0) is 12.1 Å². The van der Waals surface area contributed by atoms with Gasteiger partial charge in [0.1, 0.15) is 0 Å². The Hall–Kier alpha value is -0.0900. The predicted octanol–water partition coefficient (Wildman–Crippen LogP) is 2.18. The van der Waals surface area contributed by atoms with E-state index >= 15 is 0 Å². The molecule has 1 aromatic rings. The monoisotopic (exact) mass is 218 g/mol. The highest BCUT2D eigenvalue weighted by molar-refractivity contribution is 7.16. The normalized spacial score (nSPS) is 12.0. The van der Waals surface area contributed by atoms with Gasteiger partial charge >= 0.3 is 0 Å². The van der Waals surface area contributed by atoms with Gasteiger partial charge in [0.25, 0.3) is 0 Å². The molecule has 0 fully saturated rings. The molecule has 0 aliphatic carbocycles. The zero-order valence-electron chi connectivity index (χ0n) is 7.93. The lowest BCUT2D eigenvalue weighted by molar-refractivity contribution is 0.482. The molecule has 2 nitrogen and oxygen atoms in total. The molecular formula is C9H15ClN2S. The molecule has 0 atom stereocenters. The summed E-state index contributed by atoms with van der Waals surface area (Å²) in [5.41, 5.74) is 5.49. The Morgan fingerprint density at radius 1 is 1.54 bits per heavy atom. The van der Waals surface area contributed by atoms with Gasteiger partial charge in [-0.25, -0.2) is 0 Å². The Morgan fingerprint density at radius 2 is 2.23 bits per heavy atom. The van der Waals surface area contributed by atoms with Crippen LogP contribution in [0.15, 0.2) is 12.1 Å². The number of hydrogen-bond donors (Lipinski definition) is 2. The maximum Gasteiger partial charge on any atom is 0.0931 e. The van der Waals surface area contributed by atoms with Crippen molar-refractivity contribution >= 4 is 22.9 Å². The van der Waals surface area contributed by atoms with E-state index in [1.54, 1.807) is 11.3 Å². The van der Waals surface area contributed by atoms with E-state index in [0.717, 1.165) is 10.9 Å². The van der Waals surface area contributed by atoms with E-state index in [1.807, 2.05) is 6.07 Å². The standard InChI is InChI=1S/C9H15ClN2S/c1-9(2,5-12-6-11)7-3-4-8(10)13-7/h3-4,12H,5-6,11H2,1-2H3. The minimum absolute atomic E-state index is 0.108. The molecule has 4 heteroatoms. The summed E-state index contributed by atoms with van der Waals surface area (Å²) in [6.45, 7) is 5.75. The summed E-state index contributed by atoms with van der Waals surface area (Å²) in [5, 5.41) is 3.14. The summed E-state index contributed by atoms with van der Waals surface area (Å²) in [5.74, 6) is 0. The summed E-state index contributed by atoms with van der Waals surface area (Å²) in [6, 6.07) is 4.01. The van der Waals surface area contributed by atoms with Crippen LogP contribution in [0.3, 0.4) is 0 Å². The molecule has 1 rings (SSSR count). The van der Waals surface area contributed by atoms with Gasteiger partial charge in [0.05, 0.1) is 4.34 Å². The molecule has 0 bridgehead atoms. The molecule has 0 unspecified atom stereocenters. The first-order valence-corrected chi connectivity index (χ1v) is 5.42. The number of hydrogen-bond acceptors (Lipinski definition) is 3. The highest BCUT2D eigenvalue weighted by atomic mass is 35.5. The molecule has 3 N–H and O–H groups in total. The molecule has 0 aliphatic heterocycles. The summed E-state index contributed by atoms with van der Waals surface area (Å²) >= 11 is 7.50. The summed E-state index contributed by atoms with van der Waals surface area (Å²) in [6.07, 6.45) is 0. The Bertz CT molecular complexity index is 270. The molecule has 0 aliphatic rings. The van der Waals surface area contributed by atoms with Gasteiger partial charge in [-0.1, -0.05) is 25.4 Å². The lowest BCUT2D eigenvalue weighted by Gasteiger charge is -2.23. The smallest absolute Gasteiger partial charge is 0.0931 e. The zero-order valence-corrected chi connectivity index (χ0v) is 9.50. The second kappa shape index (κ2) is 4.42. The van der Waals surface area contributed by atoms with Gasteiger partial charge < -0.3 is 11.1 Å². The fourth-order valence-electron chi connectivity index (χ4n) is 1.15. The van der Waals surface area contributed by atoms with Gasteiger partial charge in [-0.3, -0.25) is 0 Å². The van der Waals surface area contributed by atoms with Crippen LogP contribution < -0.4 is 11.1 Å². The molecule has 0 spiro atoms. The van der Waals surface area contributed by atoms with Crippen molar-refractivity contribution in [2.24, 2.45) is 5.73 Å². The first-order valence-electron chi connectivity index (χ1n) is 4.23. The Labute approximate surface area is 88.1 Å². The van der Waals surface area contributed by atoms with E-state index < -0.39 is 0 Å². The van der Waals surface area contributed by atoms with E-state index in [0.29, 0.717) is 6.67 Å². The minimum Gasteiger partial charge on any atom is -0.318 e. The molecule has 0 aromatic carbocycles. The lowest BCUT2D eigenvalue weighted by Crippen LogP contribution is -2.35. The van der Waals surface area contributed by atoms with Crippen molar-refractivity contribution in [3.8, 4) is 0 Å². The molecule has 13 heavy (non-hydrogen) atoms. The Morgan fingerprint density at radius 3 is 2.69 bits per heavy atom. The zero-order chi connectivity index (χ0) is 9.90. The summed E-state index contributed by atoms with van der Waals surface area (Å²) in [7, 11) is 0. The second-order valence-electron chi connectivity index (χ2n) is 3.62. The summed E-state index contributed by atoms with van der Waals surface area (Å²) < 4.78 is 0.843. The number of thiophene rings is 1. The van der Waals surface area contributed by atoms with Crippen LogP contribution in [0.1, 0.15) is 18.7 Å². The van der Waals surface area contributed by atoms with E-state index in [2.05, 4.69) is 25.2 Å². The van der Waals surface area contributed by atoms with E-state index in [1.165, 1.54) is 4.88 Å². The average molecular weight is 219 g/mol. The molecule has 74 valence electrons. The largest absolute Gasteiger partial charge is 0.318 e. The number of nitrogens with two attached hydrogens (primary N) is 1. The maximum absolute atomic E-state index is 5.87. The molecule has 0 saturated carbocycles. The van der Waals surface area contributed by atoms with E-state index in [-0.39, 0.29) is 5.41 Å². The summed E-state index contributed by atoms with van der Waals surface area (Å²) in [4.78, 5) is 1.29. The maximum atomic E-state index is 5.87. The topological polar surface area (TPSA) is 38.0 Å². The minimum atomic E-state index is 0.108. The molecule has 0 saturated heterocycles. The van der Waals surface area contributed by atoms with Crippen molar-refractivity contribution in [3.63, 3.8) is 0 Å². The van der Waals surface area contributed by atoms with Gasteiger partial charge in [-0.2, -0.15) is 0 Å². The van der Waals surface area contributed by atoms with Gasteiger partial charge in [0, 0.05) is 23.5 Å². The molecule has 0 radical (unpaired) electrons. The number of nitrogens with one attached hydrogen (secondary N) is 1. The van der Waals surface area contributed by atoms with Crippen LogP contribution >= 0.6 is 22.9 Å². The molecule has 1 heterocycles. The van der Waals surface area contributed by atoms with Crippen molar-refractivity contribution in [1.29, 1.82) is 0 Å². The van der Waals surface area contributed by atoms with Crippen molar-refractivity contribution in [2.75, 3.05) is 13.2 Å². The first-order chi connectivity index (χ1) is 6.06. The fraction of sp³-hybridized carbons (Fsp3) is 0.556. The molecule has 0 amide bonds. The third kappa shape index (κ3) is 2.95. The molecular weight excluding hydrogens is 204 g/mol. The number of halogens is 1. The lowest BCUT2D eigenvalue weighted by atomic mass is 9.91. The van der Waals surface area contributed by atoms with Crippen molar-refractivity contribution in [1.82, 2.24) is 5.32 Å². The average Bonchev–Trinajstić information content (AvgIpc) is 2.49. The Balaban J connectivity index is 2.68. The third-order valence-electron chi connectivity index (χ3n) is 1.95. The van der Waals surface area contributed by atoms with E-state index in [4.69, 9.17) is 17.3 Å². The second-order valence-corrected chi connectivity index (χ2v) is 5.33. The van der Waals surface area contributed by atoms with Crippen LogP contribution in [0.25, 0.3) is 0 Å². The van der Waals surface area contributed by atoms with Crippen LogP contribution in [-0.2, 0) is 5.41 Å². The van der Waals surface area contributed by atoms with Crippen LogP contribution in [-0.4, -0.2) is 13.2 Å². The number of rotatable bonds is 4. The van der Waals surface area contributed by atoms with Gasteiger partial charge in [-0.15, -0.1) is 11.3 Å². The van der Waals surface area contributed by atoms with Crippen LogP contribution in [0.5, 0.6) is 0 Å². The van der Waals surface area contributed by atoms with Crippen molar-refractivity contribution in [2.45, 2.75) is 19.3 Å².